The van der Waals surface area contributed by atoms with Crippen molar-refractivity contribution in [2.45, 2.75) is 51.5 Å². The van der Waals surface area contributed by atoms with E-state index in [2.05, 4.69) is 34.7 Å². The summed E-state index contributed by atoms with van der Waals surface area (Å²) in [5.74, 6) is 1.03. The minimum atomic E-state index is -0.406. The van der Waals surface area contributed by atoms with Crippen LogP contribution in [0.15, 0.2) is 6.07 Å². The van der Waals surface area contributed by atoms with E-state index in [1.165, 1.54) is 0 Å². The monoisotopic (exact) mass is 250 g/mol. The lowest BCUT2D eigenvalue weighted by Gasteiger charge is -2.25. The standard InChI is InChI=1S/C13H22N4O/c1-4-13(6-5-7-14-13)12(18)15-11-8-10(9(2)3)16-17-11/h8-9,14H,4-7H2,1-3H3,(H2,15,16,17,18). The maximum absolute atomic E-state index is 12.3. The van der Waals surface area contributed by atoms with Crippen molar-refractivity contribution in [2.24, 2.45) is 0 Å². The average molecular weight is 250 g/mol. The van der Waals surface area contributed by atoms with Crippen LogP contribution in [0.5, 0.6) is 0 Å². The Hall–Kier alpha value is -1.36. The van der Waals surface area contributed by atoms with Crippen molar-refractivity contribution in [3.63, 3.8) is 0 Å². The van der Waals surface area contributed by atoms with Gasteiger partial charge < -0.3 is 10.6 Å². The SMILES string of the molecule is CCC1(C(=O)Nc2cc(C(C)C)[nH]n2)CCCN1. The van der Waals surface area contributed by atoms with Crippen LogP contribution in [-0.4, -0.2) is 28.2 Å². The summed E-state index contributed by atoms with van der Waals surface area (Å²) >= 11 is 0. The van der Waals surface area contributed by atoms with E-state index in [0.717, 1.165) is 31.5 Å². The van der Waals surface area contributed by atoms with Gasteiger partial charge in [0.25, 0.3) is 0 Å². The van der Waals surface area contributed by atoms with Gasteiger partial charge in [0.2, 0.25) is 5.91 Å². The number of amides is 1. The first-order valence-electron chi connectivity index (χ1n) is 6.69. The fourth-order valence-electron chi connectivity index (χ4n) is 2.39. The highest BCUT2D eigenvalue weighted by molar-refractivity contribution is 5.97. The van der Waals surface area contributed by atoms with Crippen LogP contribution in [0.2, 0.25) is 0 Å². The Balaban J connectivity index is 2.06. The lowest BCUT2D eigenvalue weighted by Crippen LogP contribution is -2.50. The van der Waals surface area contributed by atoms with Crippen LogP contribution in [0.3, 0.4) is 0 Å². The average Bonchev–Trinajstić information content (AvgIpc) is 2.97. The number of carbonyl (C=O) groups excluding carboxylic acids is 1. The van der Waals surface area contributed by atoms with Crippen molar-refractivity contribution in [1.29, 1.82) is 0 Å². The third-order valence-corrected chi connectivity index (χ3v) is 3.74. The number of nitrogens with zero attached hydrogens (tertiary/aromatic N) is 1. The molecule has 3 N–H and O–H groups in total. The zero-order valence-corrected chi connectivity index (χ0v) is 11.3. The Kier molecular flexibility index (Phi) is 3.71. The van der Waals surface area contributed by atoms with Gasteiger partial charge in [-0.25, -0.2) is 0 Å². The largest absolute Gasteiger partial charge is 0.308 e. The number of H-pyrrole nitrogens is 1. The fraction of sp³-hybridized carbons (Fsp3) is 0.692. The number of rotatable bonds is 4. The highest BCUT2D eigenvalue weighted by atomic mass is 16.2. The summed E-state index contributed by atoms with van der Waals surface area (Å²) in [6, 6.07) is 1.90. The lowest BCUT2D eigenvalue weighted by atomic mass is 9.93. The molecule has 1 atom stereocenters. The molecule has 5 nitrogen and oxygen atoms in total. The van der Waals surface area contributed by atoms with E-state index in [9.17, 15) is 4.79 Å². The molecule has 1 unspecified atom stereocenters. The number of aromatic nitrogens is 2. The lowest BCUT2D eigenvalue weighted by molar-refractivity contribution is -0.122. The normalized spacial score (nSPS) is 23.6. The first-order chi connectivity index (χ1) is 8.57. The first-order valence-corrected chi connectivity index (χ1v) is 6.69. The molecule has 5 heteroatoms. The van der Waals surface area contributed by atoms with Gasteiger partial charge in [-0.15, -0.1) is 0 Å². The van der Waals surface area contributed by atoms with Gasteiger partial charge in [0.05, 0.1) is 5.54 Å². The van der Waals surface area contributed by atoms with Gasteiger partial charge in [-0.05, 0) is 31.7 Å². The Morgan fingerprint density at radius 3 is 2.89 bits per heavy atom. The van der Waals surface area contributed by atoms with Gasteiger partial charge in [-0.3, -0.25) is 9.89 Å². The van der Waals surface area contributed by atoms with Gasteiger partial charge in [-0.1, -0.05) is 20.8 Å². The zero-order valence-electron chi connectivity index (χ0n) is 11.3. The Bertz CT molecular complexity index is 418. The highest BCUT2D eigenvalue weighted by Gasteiger charge is 2.39. The van der Waals surface area contributed by atoms with Crippen molar-refractivity contribution in [3.05, 3.63) is 11.8 Å². The Morgan fingerprint density at radius 1 is 1.61 bits per heavy atom. The third kappa shape index (κ3) is 2.41. The molecule has 0 bridgehead atoms. The fourth-order valence-corrected chi connectivity index (χ4v) is 2.39. The Morgan fingerprint density at radius 2 is 2.39 bits per heavy atom. The summed E-state index contributed by atoms with van der Waals surface area (Å²) in [6.45, 7) is 7.14. The second-order valence-electron chi connectivity index (χ2n) is 5.28. The predicted octanol–water partition coefficient (Wildman–Crippen LogP) is 2.00. The number of carbonyl (C=O) groups is 1. The molecule has 2 heterocycles. The number of hydrogen-bond acceptors (Lipinski definition) is 3. The smallest absolute Gasteiger partial charge is 0.245 e. The van der Waals surface area contributed by atoms with Crippen molar-refractivity contribution in [1.82, 2.24) is 15.5 Å². The molecule has 0 saturated carbocycles. The maximum atomic E-state index is 12.3. The Labute approximate surface area is 108 Å². The number of aromatic amines is 1. The third-order valence-electron chi connectivity index (χ3n) is 3.74. The first kappa shape index (κ1) is 13.1. The molecule has 1 fully saturated rings. The van der Waals surface area contributed by atoms with E-state index in [1.807, 2.05) is 13.0 Å². The molecule has 18 heavy (non-hydrogen) atoms. The van der Waals surface area contributed by atoms with Crippen molar-refractivity contribution in [3.8, 4) is 0 Å². The van der Waals surface area contributed by atoms with Crippen LogP contribution >= 0.6 is 0 Å². The molecule has 0 radical (unpaired) electrons. The summed E-state index contributed by atoms with van der Waals surface area (Å²) in [7, 11) is 0. The highest BCUT2D eigenvalue weighted by Crippen LogP contribution is 2.25. The molecule has 1 aromatic heterocycles. The van der Waals surface area contributed by atoms with Gasteiger partial charge in [0.1, 0.15) is 0 Å². The van der Waals surface area contributed by atoms with Gasteiger partial charge in [0.15, 0.2) is 5.82 Å². The van der Waals surface area contributed by atoms with Gasteiger partial charge in [0, 0.05) is 11.8 Å². The summed E-state index contributed by atoms with van der Waals surface area (Å²) < 4.78 is 0. The van der Waals surface area contributed by atoms with E-state index in [1.54, 1.807) is 0 Å². The van der Waals surface area contributed by atoms with Crippen LogP contribution in [0.25, 0.3) is 0 Å². The molecule has 1 amide bonds. The quantitative estimate of drug-likeness (QED) is 0.765. The summed E-state index contributed by atoms with van der Waals surface area (Å²) in [4.78, 5) is 12.3. The second-order valence-corrected chi connectivity index (χ2v) is 5.28. The van der Waals surface area contributed by atoms with Crippen LogP contribution in [0.1, 0.15) is 51.6 Å². The van der Waals surface area contributed by atoms with E-state index in [0.29, 0.717) is 11.7 Å². The van der Waals surface area contributed by atoms with Crippen molar-refractivity contribution in [2.75, 3.05) is 11.9 Å². The van der Waals surface area contributed by atoms with Crippen LogP contribution < -0.4 is 10.6 Å². The molecule has 1 aromatic rings. The van der Waals surface area contributed by atoms with E-state index >= 15 is 0 Å². The minimum absolute atomic E-state index is 0.0318. The van der Waals surface area contributed by atoms with Crippen LogP contribution in [0, 0.1) is 0 Å². The summed E-state index contributed by atoms with van der Waals surface area (Å²) in [5.41, 5.74) is 0.631. The zero-order chi connectivity index (χ0) is 13.2. The molecular formula is C13H22N4O. The van der Waals surface area contributed by atoms with E-state index < -0.39 is 5.54 Å². The summed E-state index contributed by atoms with van der Waals surface area (Å²) in [6.07, 6.45) is 2.76. The van der Waals surface area contributed by atoms with Crippen LogP contribution in [0.4, 0.5) is 5.82 Å². The molecule has 0 aliphatic carbocycles. The maximum Gasteiger partial charge on any atom is 0.245 e. The minimum Gasteiger partial charge on any atom is -0.308 e. The van der Waals surface area contributed by atoms with E-state index in [4.69, 9.17) is 0 Å². The van der Waals surface area contributed by atoms with Crippen LogP contribution in [-0.2, 0) is 4.79 Å². The van der Waals surface area contributed by atoms with Crippen molar-refractivity contribution >= 4 is 11.7 Å². The number of nitrogens with one attached hydrogen (secondary N) is 3. The number of anilines is 1. The number of hydrogen-bond donors (Lipinski definition) is 3. The second kappa shape index (κ2) is 5.10. The predicted molar refractivity (Wildman–Crippen MR) is 71.6 cm³/mol. The van der Waals surface area contributed by atoms with Gasteiger partial charge in [-0.2, -0.15) is 5.10 Å². The van der Waals surface area contributed by atoms with Crippen molar-refractivity contribution < 1.29 is 4.79 Å². The molecular weight excluding hydrogens is 228 g/mol. The molecule has 0 spiro atoms. The topological polar surface area (TPSA) is 69.8 Å². The molecule has 0 aromatic carbocycles. The molecule has 1 aliphatic heterocycles. The van der Waals surface area contributed by atoms with Gasteiger partial charge >= 0.3 is 0 Å². The molecule has 2 rings (SSSR count). The molecule has 1 saturated heterocycles. The molecule has 100 valence electrons. The summed E-state index contributed by atoms with van der Waals surface area (Å²) in [5, 5.41) is 13.3. The van der Waals surface area contributed by atoms with E-state index in [-0.39, 0.29) is 5.91 Å². The molecule has 1 aliphatic rings.